The highest BCUT2D eigenvalue weighted by Gasteiger charge is 2.47. The van der Waals surface area contributed by atoms with Crippen molar-refractivity contribution >= 4 is 11.8 Å². The molecule has 0 saturated heterocycles. The smallest absolute Gasteiger partial charge is 0.224 e. The van der Waals surface area contributed by atoms with Crippen molar-refractivity contribution in [2.45, 2.75) is 52.3 Å². The van der Waals surface area contributed by atoms with Crippen molar-refractivity contribution in [3.63, 3.8) is 0 Å². The average molecular weight is 353 g/mol. The van der Waals surface area contributed by atoms with Gasteiger partial charge in [0.1, 0.15) is 23.8 Å². The molecule has 2 aromatic heterocycles. The Morgan fingerprint density at radius 1 is 1.35 bits per heavy atom. The van der Waals surface area contributed by atoms with Gasteiger partial charge in [0.15, 0.2) is 0 Å². The Morgan fingerprint density at radius 3 is 2.81 bits per heavy atom. The van der Waals surface area contributed by atoms with Crippen LogP contribution in [0.4, 0.5) is 11.8 Å². The van der Waals surface area contributed by atoms with Crippen LogP contribution < -0.4 is 10.6 Å². The molecule has 3 rings (SSSR count). The summed E-state index contributed by atoms with van der Waals surface area (Å²) in [4.78, 5) is 17.0. The van der Waals surface area contributed by atoms with E-state index in [1.54, 1.807) is 6.20 Å². The normalized spacial score (nSPS) is 20.7. The van der Waals surface area contributed by atoms with Crippen molar-refractivity contribution in [3.05, 3.63) is 35.5 Å². The lowest BCUT2D eigenvalue weighted by atomic mass is 9.64. The summed E-state index contributed by atoms with van der Waals surface area (Å²) in [5.41, 5.74) is 2.08. The van der Waals surface area contributed by atoms with E-state index < -0.39 is 0 Å². The SMILES string of the molecule is CCc1ncncc1CNc1ncc(C#N)c(N[C@@H]2C[C@@H](O)C2(C)C)n1. The summed E-state index contributed by atoms with van der Waals surface area (Å²) < 4.78 is 0. The minimum absolute atomic E-state index is 0.0570. The topological polar surface area (TPSA) is 120 Å². The number of aryl methyl sites for hydroxylation is 1. The van der Waals surface area contributed by atoms with E-state index in [0.717, 1.165) is 17.7 Å². The zero-order valence-corrected chi connectivity index (χ0v) is 15.2. The van der Waals surface area contributed by atoms with Gasteiger partial charge in [0.05, 0.1) is 12.3 Å². The Bertz CT molecular complexity index is 831. The van der Waals surface area contributed by atoms with Gasteiger partial charge in [-0.05, 0) is 12.8 Å². The first kappa shape index (κ1) is 18.0. The lowest BCUT2D eigenvalue weighted by molar-refractivity contribution is -0.0511. The highest BCUT2D eigenvalue weighted by molar-refractivity contribution is 5.54. The van der Waals surface area contributed by atoms with Crippen LogP contribution in [0.25, 0.3) is 0 Å². The van der Waals surface area contributed by atoms with Gasteiger partial charge in [-0.25, -0.2) is 15.0 Å². The molecular weight excluding hydrogens is 330 g/mol. The van der Waals surface area contributed by atoms with Gasteiger partial charge in [-0.2, -0.15) is 10.2 Å². The molecule has 0 spiro atoms. The summed E-state index contributed by atoms with van der Waals surface area (Å²) in [5.74, 6) is 0.907. The number of nitrogens with one attached hydrogen (secondary N) is 2. The van der Waals surface area contributed by atoms with Gasteiger partial charge in [-0.3, -0.25) is 0 Å². The third-order valence-electron chi connectivity index (χ3n) is 5.09. The highest BCUT2D eigenvalue weighted by Crippen LogP contribution is 2.42. The van der Waals surface area contributed by atoms with E-state index in [1.165, 1.54) is 12.5 Å². The Hall–Kier alpha value is -2.79. The molecule has 0 amide bonds. The number of nitrogens with zero attached hydrogens (tertiary/aromatic N) is 5. The molecule has 0 aliphatic heterocycles. The fourth-order valence-corrected chi connectivity index (χ4v) is 3.00. The maximum Gasteiger partial charge on any atom is 0.224 e. The van der Waals surface area contributed by atoms with Crippen LogP contribution in [0.2, 0.25) is 0 Å². The molecule has 1 saturated carbocycles. The van der Waals surface area contributed by atoms with Crippen LogP contribution in [0, 0.1) is 16.7 Å². The number of rotatable bonds is 6. The van der Waals surface area contributed by atoms with Crippen molar-refractivity contribution in [3.8, 4) is 6.07 Å². The van der Waals surface area contributed by atoms with Crippen molar-refractivity contribution in [2.24, 2.45) is 5.41 Å². The van der Waals surface area contributed by atoms with Crippen molar-refractivity contribution in [1.29, 1.82) is 5.26 Å². The van der Waals surface area contributed by atoms with Gasteiger partial charge >= 0.3 is 0 Å². The number of aromatic nitrogens is 4. The molecule has 8 heteroatoms. The summed E-state index contributed by atoms with van der Waals surface area (Å²) in [6, 6.07) is 2.17. The second-order valence-electron chi connectivity index (χ2n) is 7.04. The van der Waals surface area contributed by atoms with E-state index in [0.29, 0.717) is 30.3 Å². The third kappa shape index (κ3) is 3.44. The molecule has 136 valence electrons. The predicted octanol–water partition coefficient (Wildman–Crippen LogP) is 1.88. The quantitative estimate of drug-likeness (QED) is 0.720. The summed E-state index contributed by atoms with van der Waals surface area (Å²) in [6.07, 6.45) is 5.92. The molecule has 2 aromatic rings. The summed E-state index contributed by atoms with van der Waals surface area (Å²) in [7, 11) is 0. The van der Waals surface area contributed by atoms with Crippen molar-refractivity contribution in [1.82, 2.24) is 19.9 Å². The molecule has 2 heterocycles. The van der Waals surface area contributed by atoms with Crippen molar-refractivity contribution < 1.29 is 5.11 Å². The van der Waals surface area contributed by atoms with Crippen LogP contribution in [0.15, 0.2) is 18.7 Å². The number of anilines is 2. The maximum atomic E-state index is 9.90. The zero-order chi connectivity index (χ0) is 18.7. The maximum absolute atomic E-state index is 9.90. The average Bonchev–Trinajstić information content (AvgIpc) is 2.66. The Morgan fingerprint density at radius 2 is 2.15 bits per heavy atom. The Labute approximate surface area is 152 Å². The van der Waals surface area contributed by atoms with E-state index in [9.17, 15) is 10.4 Å². The standard InChI is InChI=1S/C18H23N7O/c1-4-13-12(7-20-10-23-13)9-22-17-21-8-11(6-19)16(25-17)24-14-5-15(26)18(14,2)3/h7-8,10,14-15,26H,4-5,9H2,1-3H3,(H2,21,22,24,25)/t14-,15-/m1/s1. The van der Waals surface area contributed by atoms with E-state index in [-0.39, 0.29) is 17.6 Å². The van der Waals surface area contributed by atoms with Gasteiger partial charge < -0.3 is 15.7 Å². The van der Waals surface area contributed by atoms with Crippen molar-refractivity contribution in [2.75, 3.05) is 10.6 Å². The lowest BCUT2D eigenvalue weighted by Crippen LogP contribution is -2.57. The summed E-state index contributed by atoms with van der Waals surface area (Å²) >= 11 is 0. The molecule has 26 heavy (non-hydrogen) atoms. The molecule has 8 nitrogen and oxygen atoms in total. The van der Waals surface area contributed by atoms with Gasteiger partial charge in [0, 0.05) is 35.5 Å². The fraction of sp³-hybridized carbons (Fsp3) is 0.500. The zero-order valence-electron chi connectivity index (χ0n) is 15.2. The minimum Gasteiger partial charge on any atom is -0.392 e. The van der Waals surface area contributed by atoms with Crippen LogP contribution in [-0.4, -0.2) is 37.2 Å². The first-order valence-corrected chi connectivity index (χ1v) is 8.69. The predicted molar refractivity (Wildman–Crippen MR) is 97.3 cm³/mol. The number of nitriles is 1. The van der Waals surface area contributed by atoms with E-state index in [2.05, 4.69) is 36.6 Å². The second kappa shape index (κ2) is 7.22. The summed E-state index contributed by atoms with van der Waals surface area (Å²) in [5, 5.41) is 25.7. The van der Waals surface area contributed by atoms with Crippen LogP contribution in [0.5, 0.6) is 0 Å². The first-order chi connectivity index (χ1) is 12.5. The molecule has 0 radical (unpaired) electrons. The first-order valence-electron chi connectivity index (χ1n) is 8.69. The molecule has 0 bridgehead atoms. The second-order valence-corrected chi connectivity index (χ2v) is 7.04. The number of hydrogen-bond acceptors (Lipinski definition) is 8. The van der Waals surface area contributed by atoms with Crippen LogP contribution in [0.1, 0.15) is 44.0 Å². The van der Waals surface area contributed by atoms with Gasteiger partial charge in [0.2, 0.25) is 5.95 Å². The summed E-state index contributed by atoms with van der Waals surface area (Å²) in [6.45, 7) is 6.53. The van der Waals surface area contributed by atoms with Gasteiger partial charge in [-0.1, -0.05) is 20.8 Å². The number of aliphatic hydroxyl groups excluding tert-OH is 1. The number of aliphatic hydroxyl groups is 1. The monoisotopic (exact) mass is 353 g/mol. The molecular formula is C18H23N7O. The third-order valence-corrected chi connectivity index (χ3v) is 5.09. The molecule has 1 aliphatic rings. The van der Waals surface area contributed by atoms with E-state index in [1.807, 2.05) is 20.8 Å². The van der Waals surface area contributed by atoms with Gasteiger partial charge in [0.25, 0.3) is 0 Å². The minimum atomic E-state index is -0.351. The molecule has 3 N–H and O–H groups in total. The van der Waals surface area contributed by atoms with E-state index in [4.69, 9.17) is 0 Å². The molecule has 1 fully saturated rings. The van der Waals surface area contributed by atoms with Crippen LogP contribution >= 0.6 is 0 Å². The van der Waals surface area contributed by atoms with E-state index >= 15 is 0 Å². The molecule has 2 atom stereocenters. The Balaban J connectivity index is 1.74. The Kier molecular flexibility index (Phi) is 5.00. The van der Waals surface area contributed by atoms with Crippen LogP contribution in [-0.2, 0) is 13.0 Å². The van der Waals surface area contributed by atoms with Gasteiger partial charge in [-0.15, -0.1) is 0 Å². The highest BCUT2D eigenvalue weighted by atomic mass is 16.3. The van der Waals surface area contributed by atoms with Crippen LogP contribution in [0.3, 0.4) is 0 Å². The molecule has 1 aliphatic carbocycles. The number of hydrogen-bond donors (Lipinski definition) is 3. The molecule has 0 aromatic carbocycles. The lowest BCUT2D eigenvalue weighted by Gasteiger charge is -2.49. The molecule has 0 unspecified atom stereocenters. The largest absolute Gasteiger partial charge is 0.392 e. The fourth-order valence-electron chi connectivity index (χ4n) is 3.00.